The van der Waals surface area contributed by atoms with Crippen molar-refractivity contribution >= 4 is 34.8 Å². The summed E-state index contributed by atoms with van der Waals surface area (Å²) < 4.78 is 0. The van der Waals surface area contributed by atoms with Crippen LogP contribution < -0.4 is 11.3 Å². The van der Waals surface area contributed by atoms with E-state index in [2.05, 4.69) is 5.43 Å². The van der Waals surface area contributed by atoms with E-state index in [1.807, 2.05) is 25.1 Å². The Balaban J connectivity index is 2.34. The van der Waals surface area contributed by atoms with Gasteiger partial charge in [-0.3, -0.25) is 11.3 Å². The molecule has 1 unspecified atom stereocenters. The molecule has 0 spiro atoms. The fourth-order valence-electron chi connectivity index (χ4n) is 2.13. The van der Waals surface area contributed by atoms with Gasteiger partial charge in [-0.15, -0.1) is 0 Å². The van der Waals surface area contributed by atoms with Crippen molar-refractivity contribution in [2.75, 3.05) is 0 Å². The molecule has 1 atom stereocenters. The fraction of sp³-hybridized carbons (Fsp3) is 0.200. The number of benzene rings is 2. The van der Waals surface area contributed by atoms with Gasteiger partial charge in [0.1, 0.15) is 0 Å². The number of nitrogens with one attached hydrogen (secondary N) is 1. The summed E-state index contributed by atoms with van der Waals surface area (Å²) in [7, 11) is 0. The number of hydrogen-bond donors (Lipinski definition) is 2. The molecule has 2 aromatic rings. The molecule has 3 N–H and O–H groups in total. The lowest BCUT2D eigenvalue weighted by Crippen LogP contribution is -2.30. The smallest absolute Gasteiger partial charge is 0.0530 e. The number of halogens is 3. The molecule has 0 radical (unpaired) electrons. The van der Waals surface area contributed by atoms with E-state index in [4.69, 9.17) is 40.6 Å². The third kappa shape index (κ3) is 3.46. The molecule has 2 rings (SSSR count). The molecule has 0 aliphatic heterocycles. The second-order valence-electron chi connectivity index (χ2n) is 4.65. The molecule has 0 amide bonds. The van der Waals surface area contributed by atoms with Gasteiger partial charge in [0, 0.05) is 20.6 Å². The average Bonchev–Trinajstić information content (AvgIpc) is 2.39. The van der Waals surface area contributed by atoms with E-state index >= 15 is 0 Å². The van der Waals surface area contributed by atoms with Crippen molar-refractivity contribution in [2.45, 2.75) is 19.4 Å². The Morgan fingerprint density at radius 2 is 1.70 bits per heavy atom. The van der Waals surface area contributed by atoms with Gasteiger partial charge in [-0.05, 0) is 42.7 Å². The van der Waals surface area contributed by atoms with Crippen LogP contribution in [0, 0.1) is 6.92 Å². The summed E-state index contributed by atoms with van der Waals surface area (Å²) in [5.74, 6) is 5.66. The minimum absolute atomic E-state index is 0.198. The van der Waals surface area contributed by atoms with Crippen molar-refractivity contribution in [3.63, 3.8) is 0 Å². The van der Waals surface area contributed by atoms with Crippen molar-refractivity contribution in [2.24, 2.45) is 5.84 Å². The highest BCUT2D eigenvalue weighted by atomic mass is 35.5. The van der Waals surface area contributed by atoms with Crippen molar-refractivity contribution in [3.8, 4) is 0 Å². The Bertz CT molecular complexity index is 594. The van der Waals surface area contributed by atoms with E-state index in [1.165, 1.54) is 0 Å². The van der Waals surface area contributed by atoms with E-state index in [0.717, 1.165) is 16.7 Å². The predicted molar refractivity (Wildman–Crippen MR) is 86.4 cm³/mol. The number of nitrogens with two attached hydrogens (primary N) is 1. The van der Waals surface area contributed by atoms with E-state index in [-0.39, 0.29) is 6.04 Å². The fourth-order valence-corrected chi connectivity index (χ4v) is 3.10. The summed E-state index contributed by atoms with van der Waals surface area (Å²) in [6.45, 7) is 2.00. The van der Waals surface area contributed by atoms with E-state index in [0.29, 0.717) is 21.5 Å². The normalized spacial score (nSPS) is 12.4. The summed E-state index contributed by atoms with van der Waals surface area (Å²) in [6.07, 6.45) is 0.610. The van der Waals surface area contributed by atoms with Gasteiger partial charge in [0.25, 0.3) is 0 Å². The third-order valence-corrected chi connectivity index (χ3v) is 4.19. The molecule has 2 nitrogen and oxygen atoms in total. The molecular weight excluding hydrogens is 315 g/mol. The summed E-state index contributed by atoms with van der Waals surface area (Å²) in [4.78, 5) is 0. The van der Waals surface area contributed by atoms with Crippen LogP contribution in [-0.4, -0.2) is 0 Å². The zero-order valence-electron chi connectivity index (χ0n) is 11.0. The number of hydrogen-bond acceptors (Lipinski definition) is 2. The van der Waals surface area contributed by atoms with Crippen LogP contribution in [0.15, 0.2) is 36.4 Å². The van der Waals surface area contributed by atoms with Crippen LogP contribution in [0.1, 0.15) is 22.7 Å². The Labute approximate surface area is 133 Å². The predicted octanol–water partition coefficient (Wildman–Crippen LogP) is 4.70. The Hall–Kier alpha value is -0.770. The highest BCUT2D eigenvalue weighted by Gasteiger charge is 2.18. The number of aryl methyl sites for hydroxylation is 1. The number of rotatable bonds is 4. The van der Waals surface area contributed by atoms with Gasteiger partial charge in [0.2, 0.25) is 0 Å². The van der Waals surface area contributed by atoms with Gasteiger partial charge < -0.3 is 0 Å². The summed E-state index contributed by atoms with van der Waals surface area (Å²) in [6, 6.07) is 11.1. The average molecular weight is 330 g/mol. The van der Waals surface area contributed by atoms with E-state index < -0.39 is 0 Å². The van der Waals surface area contributed by atoms with Gasteiger partial charge in [0.05, 0.1) is 6.04 Å². The lowest BCUT2D eigenvalue weighted by molar-refractivity contribution is 0.552. The van der Waals surface area contributed by atoms with Crippen LogP contribution in [0.5, 0.6) is 0 Å². The molecule has 0 aliphatic rings. The van der Waals surface area contributed by atoms with Crippen molar-refractivity contribution < 1.29 is 0 Å². The molecule has 20 heavy (non-hydrogen) atoms. The van der Waals surface area contributed by atoms with Crippen molar-refractivity contribution in [1.82, 2.24) is 5.43 Å². The van der Waals surface area contributed by atoms with Crippen LogP contribution in [0.25, 0.3) is 0 Å². The second kappa shape index (κ2) is 6.79. The molecule has 0 aromatic heterocycles. The van der Waals surface area contributed by atoms with Gasteiger partial charge in [-0.25, -0.2) is 0 Å². The first-order valence-corrected chi connectivity index (χ1v) is 7.31. The van der Waals surface area contributed by atoms with Crippen molar-refractivity contribution in [3.05, 3.63) is 68.2 Å². The second-order valence-corrected chi connectivity index (χ2v) is 5.88. The van der Waals surface area contributed by atoms with Crippen LogP contribution in [0.3, 0.4) is 0 Å². The van der Waals surface area contributed by atoms with Gasteiger partial charge >= 0.3 is 0 Å². The Morgan fingerprint density at radius 3 is 2.25 bits per heavy atom. The topological polar surface area (TPSA) is 38.0 Å². The maximum Gasteiger partial charge on any atom is 0.0530 e. The standard InChI is InChI=1S/C15H15Cl3N2/c1-9-5-6-10(13(18)7-9)8-14(20-19)15-11(16)3-2-4-12(15)17/h2-7,14,20H,8,19H2,1H3. The first kappa shape index (κ1) is 15.6. The Kier molecular flexibility index (Phi) is 5.30. The Morgan fingerprint density at radius 1 is 1.05 bits per heavy atom. The first-order valence-electron chi connectivity index (χ1n) is 6.18. The van der Waals surface area contributed by atoms with Crippen molar-refractivity contribution in [1.29, 1.82) is 0 Å². The monoisotopic (exact) mass is 328 g/mol. The molecular formula is C15H15Cl3N2. The lowest BCUT2D eigenvalue weighted by atomic mass is 9.98. The molecule has 2 aromatic carbocycles. The van der Waals surface area contributed by atoms with Crippen LogP contribution in [-0.2, 0) is 6.42 Å². The number of hydrazine groups is 1. The molecule has 106 valence electrons. The van der Waals surface area contributed by atoms with Crippen LogP contribution in [0.2, 0.25) is 15.1 Å². The highest BCUT2D eigenvalue weighted by Crippen LogP contribution is 2.33. The first-order chi connectivity index (χ1) is 9.52. The summed E-state index contributed by atoms with van der Waals surface area (Å²) in [5, 5.41) is 1.89. The lowest BCUT2D eigenvalue weighted by Gasteiger charge is -2.20. The molecule has 5 heteroatoms. The highest BCUT2D eigenvalue weighted by molar-refractivity contribution is 6.36. The minimum atomic E-state index is -0.198. The quantitative estimate of drug-likeness (QED) is 0.630. The zero-order chi connectivity index (χ0) is 14.7. The minimum Gasteiger partial charge on any atom is -0.271 e. The molecule has 0 heterocycles. The van der Waals surface area contributed by atoms with Gasteiger partial charge in [-0.1, -0.05) is 53.0 Å². The zero-order valence-corrected chi connectivity index (χ0v) is 13.2. The summed E-state index contributed by atoms with van der Waals surface area (Å²) in [5.41, 5.74) is 5.66. The largest absolute Gasteiger partial charge is 0.271 e. The maximum absolute atomic E-state index is 6.26. The molecule has 0 aliphatic carbocycles. The van der Waals surface area contributed by atoms with Gasteiger partial charge in [-0.2, -0.15) is 0 Å². The maximum atomic E-state index is 6.26. The molecule has 0 saturated heterocycles. The molecule has 0 bridgehead atoms. The summed E-state index contributed by atoms with van der Waals surface area (Å²) >= 11 is 18.7. The molecule has 0 fully saturated rings. The SMILES string of the molecule is Cc1ccc(CC(NN)c2c(Cl)cccc2Cl)c(Cl)c1. The molecule has 0 saturated carbocycles. The van der Waals surface area contributed by atoms with E-state index in [1.54, 1.807) is 18.2 Å². The third-order valence-electron chi connectivity index (χ3n) is 3.18. The van der Waals surface area contributed by atoms with Crippen LogP contribution >= 0.6 is 34.8 Å². The van der Waals surface area contributed by atoms with E-state index in [9.17, 15) is 0 Å². The van der Waals surface area contributed by atoms with Crippen LogP contribution in [0.4, 0.5) is 0 Å². The van der Waals surface area contributed by atoms with Gasteiger partial charge in [0.15, 0.2) is 0 Å².